The molecule has 24 heavy (non-hydrogen) atoms. The number of primary sulfonamides is 1. The minimum Gasteiger partial charge on any atom is -0.480 e. The van der Waals surface area contributed by atoms with Crippen LogP contribution >= 0.6 is 0 Å². The van der Waals surface area contributed by atoms with Gasteiger partial charge in [-0.15, -0.1) is 0 Å². The van der Waals surface area contributed by atoms with Gasteiger partial charge in [-0.2, -0.15) is 0 Å². The van der Waals surface area contributed by atoms with Crippen LogP contribution in [-0.4, -0.2) is 30.9 Å². The zero-order valence-electron chi connectivity index (χ0n) is 13.3. The highest BCUT2D eigenvalue weighted by Gasteiger charge is 2.50. The van der Waals surface area contributed by atoms with Gasteiger partial charge in [0, 0.05) is 5.56 Å². The summed E-state index contributed by atoms with van der Waals surface area (Å²) < 4.78 is 23.6. The fourth-order valence-electron chi connectivity index (χ4n) is 3.80. The Kier molecular flexibility index (Phi) is 3.92. The summed E-state index contributed by atoms with van der Waals surface area (Å²) in [5.74, 6) is -1.42. The number of carboxylic acid groups (broad SMARTS) is 1. The maximum Gasteiger partial charge on any atom is 0.329 e. The average Bonchev–Trinajstić information content (AvgIpc) is 2.90. The van der Waals surface area contributed by atoms with Gasteiger partial charge in [-0.05, 0) is 61.3 Å². The molecule has 0 aromatic heterocycles. The molecular weight excluding hydrogens is 332 g/mol. The largest absolute Gasteiger partial charge is 0.480 e. The van der Waals surface area contributed by atoms with Crippen LogP contribution in [0.1, 0.15) is 47.7 Å². The highest BCUT2D eigenvalue weighted by Crippen LogP contribution is 2.38. The van der Waals surface area contributed by atoms with Gasteiger partial charge < -0.3 is 10.4 Å². The van der Waals surface area contributed by atoms with E-state index >= 15 is 0 Å². The smallest absolute Gasteiger partial charge is 0.329 e. The van der Waals surface area contributed by atoms with Crippen molar-refractivity contribution in [2.45, 2.75) is 49.5 Å². The van der Waals surface area contributed by atoms with E-state index in [1.165, 1.54) is 6.07 Å². The van der Waals surface area contributed by atoms with Gasteiger partial charge in [0.2, 0.25) is 10.0 Å². The molecule has 1 amide bonds. The predicted molar refractivity (Wildman–Crippen MR) is 86.1 cm³/mol. The summed E-state index contributed by atoms with van der Waals surface area (Å²) in [5.41, 5.74) is 0.328. The molecule has 8 heteroatoms. The second-order valence-corrected chi connectivity index (χ2v) is 8.40. The number of aryl methyl sites for hydroxylation is 1. The molecule has 1 aromatic carbocycles. The minimum atomic E-state index is -3.94. The first-order valence-corrected chi connectivity index (χ1v) is 9.41. The molecule has 0 bridgehead atoms. The highest BCUT2D eigenvalue weighted by molar-refractivity contribution is 7.89. The van der Waals surface area contributed by atoms with Crippen molar-refractivity contribution in [3.8, 4) is 0 Å². The van der Waals surface area contributed by atoms with Crippen LogP contribution < -0.4 is 10.5 Å². The van der Waals surface area contributed by atoms with Gasteiger partial charge in [0.25, 0.3) is 5.91 Å². The second kappa shape index (κ2) is 5.56. The van der Waals surface area contributed by atoms with Gasteiger partial charge >= 0.3 is 5.97 Å². The Balaban J connectivity index is 1.95. The summed E-state index contributed by atoms with van der Waals surface area (Å²) >= 11 is 0. The lowest BCUT2D eigenvalue weighted by atomic mass is 9.69. The molecule has 1 saturated carbocycles. The fourth-order valence-corrected chi connectivity index (χ4v) is 4.67. The molecule has 4 N–H and O–H groups in total. The molecule has 1 fully saturated rings. The number of hydrogen-bond acceptors (Lipinski definition) is 4. The van der Waals surface area contributed by atoms with Crippen LogP contribution in [0, 0.1) is 5.92 Å². The third-order valence-corrected chi connectivity index (χ3v) is 5.88. The van der Waals surface area contributed by atoms with E-state index in [9.17, 15) is 23.1 Å². The van der Waals surface area contributed by atoms with Gasteiger partial charge in [0.15, 0.2) is 0 Å². The zero-order chi connectivity index (χ0) is 17.7. The molecule has 130 valence electrons. The lowest BCUT2D eigenvalue weighted by molar-refractivity contribution is -0.150. The predicted octanol–water partition coefficient (Wildman–Crippen LogP) is 0.806. The summed E-state index contributed by atoms with van der Waals surface area (Å²) in [6.07, 6.45) is 2.82. The molecule has 0 radical (unpaired) electrons. The van der Waals surface area contributed by atoms with Gasteiger partial charge in [0.1, 0.15) is 5.54 Å². The number of carbonyl (C=O) groups excluding carboxylic acids is 1. The van der Waals surface area contributed by atoms with Crippen molar-refractivity contribution >= 4 is 21.9 Å². The maximum atomic E-state index is 12.5. The molecule has 0 heterocycles. The van der Waals surface area contributed by atoms with Crippen molar-refractivity contribution in [3.05, 3.63) is 28.8 Å². The number of aliphatic carboxylic acids is 1. The second-order valence-electron chi connectivity index (χ2n) is 6.87. The Hall–Kier alpha value is -1.93. The lowest BCUT2D eigenvalue weighted by Gasteiger charge is -2.43. The van der Waals surface area contributed by atoms with E-state index in [0.29, 0.717) is 31.2 Å². The number of benzene rings is 1. The zero-order valence-corrected chi connectivity index (χ0v) is 14.1. The monoisotopic (exact) mass is 352 g/mol. The van der Waals surface area contributed by atoms with Gasteiger partial charge in [-0.3, -0.25) is 4.79 Å². The average molecular weight is 352 g/mol. The summed E-state index contributed by atoms with van der Waals surface area (Å²) in [6, 6.07) is 2.90. The van der Waals surface area contributed by atoms with Crippen LogP contribution in [0.4, 0.5) is 0 Å². The SMILES string of the molecule is CC1CC(NC(=O)c2cc3c(c(S(N)(=O)=O)c2)CCC3)(C(=O)O)C1. The van der Waals surface area contributed by atoms with Crippen LogP contribution in [0.3, 0.4) is 0 Å². The topological polar surface area (TPSA) is 127 Å². The van der Waals surface area contributed by atoms with E-state index in [1.54, 1.807) is 6.07 Å². The van der Waals surface area contributed by atoms with E-state index in [4.69, 9.17) is 5.14 Å². The summed E-state index contributed by atoms with van der Waals surface area (Å²) in [6.45, 7) is 1.92. The summed E-state index contributed by atoms with van der Waals surface area (Å²) in [7, 11) is -3.94. The number of carbonyl (C=O) groups is 2. The first-order chi connectivity index (χ1) is 11.1. The number of hydrogen-bond donors (Lipinski definition) is 3. The number of rotatable bonds is 4. The Labute approximate surface area is 140 Å². The molecule has 3 rings (SSSR count). The fraction of sp³-hybridized carbons (Fsp3) is 0.500. The summed E-state index contributed by atoms with van der Waals surface area (Å²) in [4.78, 5) is 24.0. The third-order valence-electron chi connectivity index (χ3n) is 4.90. The molecule has 0 spiro atoms. The number of carboxylic acids is 1. The number of fused-ring (bicyclic) bond motifs is 1. The third kappa shape index (κ3) is 2.80. The molecule has 2 aliphatic carbocycles. The standard InChI is InChI=1S/C16H20N2O5S/c1-9-7-16(8-9,15(20)21)18-14(19)11-5-10-3-2-4-12(10)13(6-11)24(17,22)23/h5-6,9H,2-4,7-8H2,1H3,(H,18,19)(H,20,21)(H2,17,22,23). The van der Waals surface area contributed by atoms with E-state index in [2.05, 4.69) is 5.32 Å². The van der Waals surface area contributed by atoms with Gasteiger partial charge in [-0.25, -0.2) is 18.4 Å². The van der Waals surface area contributed by atoms with Crippen molar-refractivity contribution in [2.24, 2.45) is 11.1 Å². The van der Waals surface area contributed by atoms with Crippen molar-refractivity contribution in [1.82, 2.24) is 5.32 Å². The summed E-state index contributed by atoms with van der Waals surface area (Å²) in [5, 5.41) is 17.3. The van der Waals surface area contributed by atoms with E-state index < -0.39 is 27.4 Å². The molecule has 0 saturated heterocycles. The van der Waals surface area contributed by atoms with Crippen LogP contribution in [0.2, 0.25) is 0 Å². The van der Waals surface area contributed by atoms with E-state index in [0.717, 1.165) is 12.0 Å². The molecular formula is C16H20N2O5S. The molecule has 7 nitrogen and oxygen atoms in total. The Bertz CT molecular complexity index is 825. The van der Waals surface area contributed by atoms with Crippen molar-refractivity contribution < 1.29 is 23.1 Å². The first kappa shape index (κ1) is 16.9. The molecule has 2 aliphatic rings. The van der Waals surface area contributed by atoms with Crippen molar-refractivity contribution in [2.75, 3.05) is 0 Å². The van der Waals surface area contributed by atoms with Crippen molar-refractivity contribution in [1.29, 1.82) is 0 Å². The van der Waals surface area contributed by atoms with E-state index in [1.807, 2.05) is 6.92 Å². The Morgan fingerprint density at radius 3 is 2.50 bits per heavy atom. The van der Waals surface area contributed by atoms with E-state index in [-0.39, 0.29) is 16.4 Å². The minimum absolute atomic E-state index is 0.0333. The molecule has 0 aliphatic heterocycles. The Morgan fingerprint density at radius 2 is 1.96 bits per heavy atom. The van der Waals surface area contributed by atoms with Crippen LogP contribution in [0.15, 0.2) is 17.0 Å². The number of sulfonamides is 1. The quantitative estimate of drug-likeness (QED) is 0.739. The molecule has 0 atom stereocenters. The maximum absolute atomic E-state index is 12.5. The number of nitrogens with one attached hydrogen (secondary N) is 1. The highest BCUT2D eigenvalue weighted by atomic mass is 32.2. The lowest BCUT2D eigenvalue weighted by Crippen LogP contribution is -2.62. The van der Waals surface area contributed by atoms with Crippen molar-refractivity contribution in [3.63, 3.8) is 0 Å². The van der Waals surface area contributed by atoms with Gasteiger partial charge in [-0.1, -0.05) is 6.92 Å². The Morgan fingerprint density at radius 1 is 1.29 bits per heavy atom. The first-order valence-electron chi connectivity index (χ1n) is 7.87. The number of nitrogens with two attached hydrogens (primary N) is 1. The number of amides is 1. The normalized spacial score (nSPS) is 25.7. The van der Waals surface area contributed by atoms with Gasteiger partial charge in [0.05, 0.1) is 4.90 Å². The van der Waals surface area contributed by atoms with Crippen LogP contribution in [0.25, 0.3) is 0 Å². The van der Waals surface area contributed by atoms with Crippen LogP contribution in [0.5, 0.6) is 0 Å². The molecule has 1 aromatic rings. The molecule has 0 unspecified atom stereocenters. The van der Waals surface area contributed by atoms with Crippen LogP contribution in [-0.2, 0) is 27.7 Å².